The van der Waals surface area contributed by atoms with Crippen LogP contribution in [0.4, 0.5) is 0 Å². The molecule has 0 bridgehead atoms. The van der Waals surface area contributed by atoms with E-state index in [4.69, 9.17) is 11.5 Å². The van der Waals surface area contributed by atoms with Crippen LogP contribution in [0.2, 0.25) is 12.6 Å². The third kappa shape index (κ3) is 7.79. The summed E-state index contributed by atoms with van der Waals surface area (Å²) in [6, 6.07) is 41.7. The molecule has 0 aliphatic rings. The van der Waals surface area contributed by atoms with Crippen LogP contribution in [0.3, 0.4) is 0 Å². The van der Waals surface area contributed by atoms with Gasteiger partial charge in [0, 0.05) is 0 Å². The maximum absolute atomic E-state index is 6.60. The van der Waals surface area contributed by atoms with Crippen molar-refractivity contribution in [3.63, 3.8) is 0 Å². The quantitative estimate of drug-likeness (QED) is 0.149. The van der Waals surface area contributed by atoms with Crippen molar-refractivity contribution in [3.05, 3.63) is 155 Å². The molecule has 2 nitrogen and oxygen atoms in total. The zero-order chi connectivity index (χ0) is 26.4. The number of unbranched alkanes of at least 4 members (excludes halogenated alkanes) is 3. The number of rotatable bonds is 13. The number of hydrogen-bond acceptors (Lipinski definition) is 2. The predicted octanol–water partition coefficient (Wildman–Crippen LogP) is 7.54. The summed E-state index contributed by atoms with van der Waals surface area (Å²) in [5.41, 5.74) is 21.7. The second-order valence-corrected chi connectivity index (χ2v) is 9.52. The Morgan fingerprint density at radius 3 is 0.921 bits per heavy atom. The first-order valence-corrected chi connectivity index (χ1v) is 13.6. The number of benzene rings is 4. The molecule has 4 N–H and O–H groups in total. The van der Waals surface area contributed by atoms with Gasteiger partial charge in [-0.15, -0.1) is 0 Å². The van der Waals surface area contributed by atoms with E-state index in [1.807, 2.05) is 24.3 Å². The van der Waals surface area contributed by atoms with Crippen LogP contribution in [0.1, 0.15) is 47.9 Å². The summed E-state index contributed by atoms with van der Waals surface area (Å²) in [5.74, 6) is 0. The normalized spacial score (nSPS) is 10.4. The maximum atomic E-state index is 6.60. The third-order valence-electron chi connectivity index (χ3n) is 6.71. The lowest BCUT2D eigenvalue weighted by atomic mass is 9.65. The van der Waals surface area contributed by atoms with Crippen LogP contribution in [-0.2, 0) is 0 Å². The van der Waals surface area contributed by atoms with Crippen LogP contribution in [0.15, 0.2) is 133 Å². The molecular formula is C34H36B2N2. The Bertz CT molecular complexity index is 1110. The van der Waals surface area contributed by atoms with Gasteiger partial charge in [-0.1, -0.05) is 160 Å². The highest BCUT2D eigenvalue weighted by atomic mass is 14.5. The number of hydrogen-bond donors (Lipinski definition) is 2. The minimum Gasteiger partial charge on any atom is -0.410 e. The average molecular weight is 494 g/mol. The molecule has 188 valence electrons. The highest BCUT2D eigenvalue weighted by Gasteiger charge is 2.11. The fourth-order valence-corrected chi connectivity index (χ4v) is 4.78. The van der Waals surface area contributed by atoms with Crippen molar-refractivity contribution >= 4 is 25.7 Å². The maximum Gasteiger partial charge on any atom is 0.174 e. The summed E-state index contributed by atoms with van der Waals surface area (Å²) >= 11 is 0. The monoisotopic (exact) mass is 494 g/mol. The predicted molar refractivity (Wildman–Crippen MR) is 166 cm³/mol. The van der Waals surface area contributed by atoms with Gasteiger partial charge in [-0.25, -0.2) is 0 Å². The lowest BCUT2D eigenvalue weighted by Gasteiger charge is -2.13. The molecule has 0 fully saturated rings. The molecule has 2 radical (unpaired) electrons. The largest absolute Gasteiger partial charge is 0.410 e. The summed E-state index contributed by atoms with van der Waals surface area (Å²) in [6.07, 6.45) is 6.57. The van der Waals surface area contributed by atoms with E-state index in [-0.39, 0.29) is 0 Å². The molecule has 0 atom stereocenters. The van der Waals surface area contributed by atoms with E-state index < -0.39 is 0 Å². The smallest absolute Gasteiger partial charge is 0.174 e. The molecule has 4 aromatic carbocycles. The Morgan fingerprint density at radius 1 is 0.395 bits per heavy atom. The molecule has 0 saturated heterocycles. The fourth-order valence-electron chi connectivity index (χ4n) is 4.78. The van der Waals surface area contributed by atoms with Crippen LogP contribution >= 0.6 is 0 Å². The average Bonchev–Trinajstić information content (AvgIpc) is 2.97. The van der Waals surface area contributed by atoms with Gasteiger partial charge in [0.25, 0.3) is 0 Å². The Balaban J connectivity index is 1.26. The molecular weight excluding hydrogens is 458 g/mol. The van der Waals surface area contributed by atoms with E-state index in [1.54, 1.807) is 0 Å². The Kier molecular flexibility index (Phi) is 10.5. The fraction of sp³-hybridized carbons (Fsp3) is 0.176. The van der Waals surface area contributed by atoms with Crippen molar-refractivity contribution in [1.82, 2.24) is 0 Å². The Morgan fingerprint density at radius 2 is 0.658 bits per heavy atom. The standard InChI is InChI=1S/C34H36B2N2/c37-33(31(27-17-7-3-8-18-27)28-19-9-4-10-20-28)35-25-15-1-2-16-26-36-34(38)32(29-21-11-5-12-22-29)30-23-13-6-14-24-30/h3-14,17-24H,1-2,15-16,25-26,37-38H2. The van der Waals surface area contributed by atoms with Crippen LogP contribution < -0.4 is 11.5 Å². The van der Waals surface area contributed by atoms with Gasteiger partial charge in [0.05, 0.1) is 0 Å². The van der Waals surface area contributed by atoms with Crippen LogP contribution in [0, 0.1) is 0 Å². The zero-order valence-corrected chi connectivity index (χ0v) is 22.1. The highest BCUT2D eigenvalue weighted by molar-refractivity contribution is 6.47. The third-order valence-corrected chi connectivity index (χ3v) is 6.71. The van der Waals surface area contributed by atoms with Gasteiger partial charge in [-0.05, 0) is 44.6 Å². The molecule has 0 aliphatic heterocycles. The van der Waals surface area contributed by atoms with Gasteiger partial charge in [0.2, 0.25) is 0 Å². The molecule has 4 heteroatoms. The summed E-state index contributed by atoms with van der Waals surface area (Å²) in [5, 5.41) is 0. The van der Waals surface area contributed by atoms with E-state index in [0.717, 1.165) is 70.1 Å². The van der Waals surface area contributed by atoms with Crippen molar-refractivity contribution < 1.29 is 0 Å². The van der Waals surface area contributed by atoms with Gasteiger partial charge in [-0.3, -0.25) is 0 Å². The first kappa shape index (κ1) is 27.1. The molecule has 0 unspecified atom stereocenters. The van der Waals surface area contributed by atoms with Gasteiger partial charge >= 0.3 is 0 Å². The first-order chi connectivity index (χ1) is 18.7. The summed E-state index contributed by atoms with van der Waals surface area (Å²) in [7, 11) is 4.38. The van der Waals surface area contributed by atoms with Gasteiger partial charge in [0.1, 0.15) is 0 Å². The highest BCUT2D eigenvalue weighted by Crippen LogP contribution is 2.26. The SMILES string of the molecule is NC([B]CCCCCC[B]C(N)=C(c1ccccc1)c1ccccc1)=C(c1ccccc1)c1ccccc1. The Hall–Kier alpha value is -3.91. The van der Waals surface area contributed by atoms with Crippen LogP contribution in [-0.4, -0.2) is 14.6 Å². The molecule has 0 aliphatic carbocycles. The van der Waals surface area contributed by atoms with E-state index in [1.165, 1.54) is 12.8 Å². The minimum atomic E-state index is 0.850. The zero-order valence-electron chi connectivity index (χ0n) is 22.1. The van der Waals surface area contributed by atoms with Crippen molar-refractivity contribution in [2.45, 2.75) is 38.3 Å². The topological polar surface area (TPSA) is 52.0 Å². The second kappa shape index (κ2) is 14.7. The summed E-state index contributed by atoms with van der Waals surface area (Å²) < 4.78 is 0. The van der Waals surface area contributed by atoms with Gasteiger partial charge in [-0.2, -0.15) is 0 Å². The Labute approximate surface area is 230 Å². The molecule has 0 amide bonds. The first-order valence-electron chi connectivity index (χ1n) is 13.6. The lowest BCUT2D eigenvalue weighted by Crippen LogP contribution is -2.11. The molecule has 0 spiro atoms. The van der Waals surface area contributed by atoms with Gasteiger partial charge in [0.15, 0.2) is 14.6 Å². The van der Waals surface area contributed by atoms with E-state index in [9.17, 15) is 0 Å². The summed E-state index contributed by atoms with van der Waals surface area (Å²) in [4.78, 5) is 0. The molecule has 0 heterocycles. The lowest BCUT2D eigenvalue weighted by molar-refractivity contribution is 0.699. The van der Waals surface area contributed by atoms with Crippen LogP contribution in [0.25, 0.3) is 11.1 Å². The van der Waals surface area contributed by atoms with E-state index >= 15 is 0 Å². The van der Waals surface area contributed by atoms with Crippen molar-refractivity contribution in [2.75, 3.05) is 0 Å². The van der Waals surface area contributed by atoms with E-state index in [2.05, 4.69) is 112 Å². The number of nitrogens with two attached hydrogens (primary N) is 2. The molecule has 0 aromatic heterocycles. The second-order valence-electron chi connectivity index (χ2n) is 9.52. The summed E-state index contributed by atoms with van der Waals surface area (Å²) in [6.45, 7) is 0. The molecule has 4 rings (SSSR count). The van der Waals surface area contributed by atoms with Gasteiger partial charge < -0.3 is 11.5 Å². The van der Waals surface area contributed by atoms with Crippen molar-refractivity contribution in [3.8, 4) is 0 Å². The van der Waals surface area contributed by atoms with Crippen molar-refractivity contribution in [1.29, 1.82) is 0 Å². The van der Waals surface area contributed by atoms with Crippen molar-refractivity contribution in [2.24, 2.45) is 11.5 Å². The van der Waals surface area contributed by atoms with E-state index in [0.29, 0.717) is 0 Å². The van der Waals surface area contributed by atoms with Crippen LogP contribution in [0.5, 0.6) is 0 Å². The minimum absolute atomic E-state index is 0.850. The molecule has 4 aromatic rings. The molecule has 0 saturated carbocycles. The molecule has 38 heavy (non-hydrogen) atoms.